The van der Waals surface area contributed by atoms with Crippen LogP contribution in [0.1, 0.15) is 37.2 Å². The molecule has 0 aliphatic rings. The zero-order chi connectivity index (χ0) is 15.8. The number of halogens is 1. The van der Waals surface area contributed by atoms with Crippen molar-refractivity contribution >= 4 is 24.2 Å². The number of amides is 2. The Morgan fingerprint density at radius 3 is 2.64 bits per heavy atom. The van der Waals surface area contributed by atoms with E-state index in [0.717, 1.165) is 6.42 Å². The van der Waals surface area contributed by atoms with Gasteiger partial charge in [-0.1, -0.05) is 13.8 Å². The first-order valence-electron chi connectivity index (χ1n) is 7.23. The lowest BCUT2D eigenvalue weighted by molar-refractivity contribution is -0.129. The summed E-state index contributed by atoms with van der Waals surface area (Å²) in [5, 5.41) is 2.65. The summed E-state index contributed by atoms with van der Waals surface area (Å²) in [5.74, 6) is 0.336. The number of nitrogens with two attached hydrogens (primary N) is 1. The van der Waals surface area contributed by atoms with Crippen LogP contribution in [0.15, 0.2) is 22.8 Å². The number of hydrogen-bond donors (Lipinski definition) is 2. The number of furan rings is 1. The molecule has 0 saturated carbocycles. The summed E-state index contributed by atoms with van der Waals surface area (Å²) in [6.07, 6.45) is 2.48. The molecule has 2 amide bonds. The van der Waals surface area contributed by atoms with Crippen molar-refractivity contribution in [1.82, 2.24) is 10.2 Å². The van der Waals surface area contributed by atoms with E-state index in [1.165, 1.54) is 6.26 Å². The highest BCUT2D eigenvalue weighted by Crippen LogP contribution is 2.04. The molecule has 1 atom stereocenters. The normalized spacial score (nSPS) is 11.7. The maximum absolute atomic E-state index is 11.9. The van der Waals surface area contributed by atoms with Crippen LogP contribution < -0.4 is 11.1 Å². The minimum Gasteiger partial charge on any atom is -0.459 e. The van der Waals surface area contributed by atoms with Crippen LogP contribution in [0.5, 0.6) is 0 Å². The van der Waals surface area contributed by atoms with E-state index in [2.05, 4.69) is 19.2 Å². The van der Waals surface area contributed by atoms with Crippen molar-refractivity contribution in [3.05, 3.63) is 24.2 Å². The first-order valence-corrected chi connectivity index (χ1v) is 7.23. The summed E-state index contributed by atoms with van der Waals surface area (Å²) in [6, 6.07) is 3.32. The largest absolute Gasteiger partial charge is 0.459 e. The molecule has 7 heteroatoms. The Balaban J connectivity index is 0.00000441. The third kappa shape index (κ3) is 6.95. The Morgan fingerprint density at radius 2 is 2.09 bits per heavy atom. The first kappa shape index (κ1) is 20.5. The number of nitrogens with zero attached hydrogens (tertiary/aromatic N) is 1. The van der Waals surface area contributed by atoms with Gasteiger partial charge in [0, 0.05) is 32.6 Å². The third-order valence-electron chi connectivity index (χ3n) is 3.45. The molecule has 0 saturated heterocycles. The maximum atomic E-state index is 11.9. The molecule has 1 rings (SSSR count). The van der Waals surface area contributed by atoms with Gasteiger partial charge in [-0.25, -0.2) is 0 Å². The van der Waals surface area contributed by atoms with E-state index in [1.54, 1.807) is 24.1 Å². The Hall–Kier alpha value is -1.53. The average molecular weight is 332 g/mol. The Morgan fingerprint density at radius 1 is 1.41 bits per heavy atom. The highest BCUT2D eigenvalue weighted by molar-refractivity contribution is 5.91. The molecule has 22 heavy (non-hydrogen) atoms. The summed E-state index contributed by atoms with van der Waals surface area (Å²) in [4.78, 5) is 25.2. The quantitative estimate of drug-likeness (QED) is 0.758. The summed E-state index contributed by atoms with van der Waals surface area (Å²) in [6.45, 7) is 5.05. The van der Waals surface area contributed by atoms with Crippen molar-refractivity contribution in [2.45, 2.75) is 32.7 Å². The highest BCUT2D eigenvalue weighted by atomic mass is 35.5. The third-order valence-corrected chi connectivity index (χ3v) is 3.45. The fourth-order valence-corrected chi connectivity index (χ4v) is 1.77. The number of nitrogens with one attached hydrogen (secondary N) is 1. The maximum Gasteiger partial charge on any atom is 0.286 e. The van der Waals surface area contributed by atoms with Gasteiger partial charge in [0.05, 0.1) is 6.26 Å². The van der Waals surface area contributed by atoms with Crippen molar-refractivity contribution in [2.24, 2.45) is 11.7 Å². The van der Waals surface area contributed by atoms with Gasteiger partial charge in [-0.3, -0.25) is 9.59 Å². The van der Waals surface area contributed by atoms with Gasteiger partial charge in [0.25, 0.3) is 5.91 Å². The Labute approximate surface area is 137 Å². The fraction of sp³-hybridized carbons (Fsp3) is 0.600. The predicted molar refractivity (Wildman–Crippen MR) is 88.0 cm³/mol. The van der Waals surface area contributed by atoms with Crippen molar-refractivity contribution in [3.63, 3.8) is 0 Å². The molecule has 1 unspecified atom stereocenters. The van der Waals surface area contributed by atoms with E-state index in [9.17, 15) is 9.59 Å². The number of carbonyl (C=O) groups excluding carboxylic acids is 2. The van der Waals surface area contributed by atoms with Crippen molar-refractivity contribution in [3.8, 4) is 0 Å². The molecule has 1 heterocycles. The average Bonchev–Trinajstić information content (AvgIpc) is 2.97. The van der Waals surface area contributed by atoms with Crippen LogP contribution in [0.2, 0.25) is 0 Å². The SMILES string of the molecule is CC(C)C(N)CCN(C)C(=O)CCNC(=O)c1ccco1.Cl. The standard InChI is InChI=1S/C15H25N3O3.ClH/c1-11(2)12(16)7-9-18(3)14(19)6-8-17-15(20)13-5-4-10-21-13;/h4-5,10-12H,6-9,16H2,1-3H3,(H,17,20);1H. The summed E-state index contributed by atoms with van der Waals surface area (Å²) < 4.78 is 4.97. The zero-order valence-corrected chi connectivity index (χ0v) is 14.2. The van der Waals surface area contributed by atoms with Gasteiger partial charge in [-0.05, 0) is 24.5 Å². The van der Waals surface area contributed by atoms with Crippen LogP contribution in [-0.4, -0.2) is 42.9 Å². The van der Waals surface area contributed by atoms with Gasteiger partial charge in [-0.2, -0.15) is 0 Å². The van der Waals surface area contributed by atoms with Crippen LogP contribution in [0.4, 0.5) is 0 Å². The van der Waals surface area contributed by atoms with Crippen LogP contribution >= 0.6 is 12.4 Å². The molecule has 0 aliphatic heterocycles. The molecule has 6 nitrogen and oxygen atoms in total. The Bertz CT molecular complexity index is 449. The summed E-state index contributed by atoms with van der Waals surface area (Å²) in [5.41, 5.74) is 5.95. The van der Waals surface area contributed by atoms with E-state index in [0.29, 0.717) is 19.0 Å². The van der Waals surface area contributed by atoms with Gasteiger partial charge in [0.2, 0.25) is 5.91 Å². The lowest BCUT2D eigenvalue weighted by Crippen LogP contribution is -2.36. The minimum atomic E-state index is -0.308. The Kier molecular flexibility index (Phi) is 9.53. The van der Waals surface area contributed by atoms with Crippen LogP contribution in [0.3, 0.4) is 0 Å². The van der Waals surface area contributed by atoms with Crippen LogP contribution in [0.25, 0.3) is 0 Å². The van der Waals surface area contributed by atoms with Gasteiger partial charge >= 0.3 is 0 Å². The van der Waals surface area contributed by atoms with Crippen molar-refractivity contribution in [2.75, 3.05) is 20.1 Å². The molecule has 0 aliphatic carbocycles. The van der Waals surface area contributed by atoms with E-state index >= 15 is 0 Å². The lowest BCUT2D eigenvalue weighted by Gasteiger charge is -2.21. The topological polar surface area (TPSA) is 88.6 Å². The first-order chi connectivity index (χ1) is 9.91. The number of rotatable bonds is 8. The smallest absolute Gasteiger partial charge is 0.286 e. The minimum absolute atomic E-state index is 0. The molecule has 0 fully saturated rings. The van der Waals surface area contributed by atoms with Gasteiger partial charge < -0.3 is 20.4 Å². The molecule has 3 N–H and O–H groups in total. The van der Waals surface area contributed by atoms with Crippen LogP contribution in [-0.2, 0) is 4.79 Å². The van der Waals surface area contributed by atoms with E-state index in [4.69, 9.17) is 10.2 Å². The molecule has 0 spiro atoms. The molecular formula is C15H26ClN3O3. The molecule has 1 aromatic rings. The molecule has 0 bridgehead atoms. The predicted octanol–water partition coefficient (Wildman–Crippen LogP) is 1.65. The summed E-state index contributed by atoms with van der Waals surface area (Å²) in [7, 11) is 1.75. The molecular weight excluding hydrogens is 306 g/mol. The molecule has 0 radical (unpaired) electrons. The van der Waals surface area contributed by atoms with Gasteiger partial charge in [-0.15, -0.1) is 12.4 Å². The van der Waals surface area contributed by atoms with E-state index in [-0.39, 0.29) is 42.4 Å². The fourth-order valence-electron chi connectivity index (χ4n) is 1.77. The van der Waals surface area contributed by atoms with E-state index in [1.807, 2.05) is 0 Å². The van der Waals surface area contributed by atoms with Crippen molar-refractivity contribution in [1.29, 1.82) is 0 Å². The second kappa shape index (κ2) is 10.2. The monoisotopic (exact) mass is 331 g/mol. The second-order valence-corrected chi connectivity index (χ2v) is 5.50. The van der Waals surface area contributed by atoms with Gasteiger partial charge in [0.1, 0.15) is 0 Å². The zero-order valence-electron chi connectivity index (χ0n) is 13.4. The molecule has 1 aromatic heterocycles. The van der Waals surface area contributed by atoms with Gasteiger partial charge in [0.15, 0.2) is 5.76 Å². The highest BCUT2D eigenvalue weighted by Gasteiger charge is 2.13. The van der Waals surface area contributed by atoms with Crippen molar-refractivity contribution < 1.29 is 14.0 Å². The molecule has 126 valence electrons. The summed E-state index contributed by atoms with van der Waals surface area (Å²) >= 11 is 0. The number of hydrogen-bond acceptors (Lipinski definition) is 4. The second-order valence-electron chi connectivity index (χ2n) is 5.50. The van der Waals surface area contributed by atoms with E-state index < -0.39 is 0 Å². The molecule has 0 aromatic carbocycles. The number of carbonyl (C=O) groups is 2. The lowest BCUT2D eigenvalue weighted by atomic mass is 10.0. The van der Waals surface area contributed by atoms with Crippen LogP contribution in [0, 0.1) is 5.92 Å².